The zero-order valence-corrected chi connectivity index (χ0v) is 14.2. The van der Waals surface area contributed by atoms with E-state index in [1.807, 2.05) is 43.3 Å². The van der Waals surface area contributed by atoms with Crippen molar-refractivity contribution >= 4 is 17.7 Å². The molecule has 0 unspecified atom stereocenters. The van der Waals surface area contributed by atoms with Crippen LogP contribution < -0.4 is 0 Å². The Kier molecular flexibility index (Phi) is 4.96. The zero-order chi connectivity index (χ0) is 16.9. The molecule has 0 aliphatic rings. The lowest BCUT2D eigenvalue weighted by atomic mass is 10.1. The summed E-state index contributed by atoms with van der Waals surface area (Å²) in [7, 11) is 1.37. The maximum Gasteiger partial charge on any atom is 0.337 e. The Morgan fingerprint density at radius 1 is 1.12 bits per heavy atom. The van der Waals surface area contributed by atoms with Crippen LogP contribution in [0.25, 0.3) is 11.5 Å². The minimum atomic E-state index is -0.339. The lowest BCUT2D eigenvalue weighted by Crippen LogP contribution is -2.00. The molecule has 2 aromatic carbocycles. The van der Waals surface area contributed by atoms with Gasteiger partial charge < -0.3 is 9.15 Å². The van der Waals surface area contributed by atoms with E-state index in [4.69, 9.17) is 4.42 Å². The smallest absolute Gasteiger partial charge is 0.337 e. The van der Waals surface area contributed by atoms with Crippen molar-refractivity contribution in [3.8, 4) is 11.5 Å². The van der Waals surface area contributed by atoms with Gasteiger partial charge in [0.05, 0.1) is 12.7 Å². The Hall–Kier alpha value is -2.60. The number of benzene rings is 2. The number of rotatable bonds is 5. The van der Waals surface area contributed by atoms with Gasteiger partial charge in [-0.05, 0) is 36.2 Å². The number of carbonyl (C=O) groups excluding carboxylic acids is 1. The third-order valence-electron chi connectivity index (χ3n) is 3.52. The number of hydrogen-bond acceptors (Lipinski definition) is 6. The highest BCUT2D eigenvalue weighted by molar-refractivity contribution is 7.98. The van der Waals surface area contributed by atoms with Gasteiger partial charge in [0.15, 0.2) is 0 Å². The lowest BCUT2D eigenvalue weighted by Gasteiger charge is -2.01. The van der Waals surface area contributed by atoms with E-state index in [0.717, 1.165) is 16.7 Å². The SMILES string of the molecule is COC(=O)c1ccc(CSc2nnc(-c3ccccc3C)o2)cc1. The van der Waals surface area contributed by atoms with Crippen LogP contribution in [0.2, 0.25) is 0 Å². The van der Waals surface area contributed by atoms with Gasteiger partial charge in [0.2, 0.25) is 5.89 Å². The molecule has 0 saturated carbocycles. The summed E-state index contributed by atoms with van der Waals surface area (Å²) in [5.41, 5.74) is 3.63. The van der Waals surface area contributed by atoms with Crippen LogP contribution in [0.15, 0.2) is 58.2 Å². The molecule has 122 valence electrons. The molecule has 0 fully saturated rings. The molecule has 1 heterocycles. The number of nitrogens with zero attached hydrogens (tertiary/aromatic N) is 2. The number of thioether (sulfide) groups is 1. The van der Waals surface area contributed by atoms with Crippen LogP contribution in [-0.4, -0.2) is 23.3 Å². The summed E-state index contributed by atoms with van der Waals surface area (Å²) < 4.78 is 10.4. The Balaban J connectivity index is 1.65. The molecular weight excluding hydrogens is 324 g/mol. The Morgan fingerprint density at radius 3 is 2.58 bits per heavy atom. The van der Waals surface area contributed by atoms with Gasteiger partial charge in [-0.3, -0.25) is 0 Å². The van der Waals surface area contributed by atoms with Crippen LogP contribution in [0.1, 0.15) is 21.5 Å². The van der Waals surface area contributed by atoms with Crippen molar-refractivity contribution in [2.45, 2.75) is 17.9 Å². The minimum Gasteiger partial charge on any atom is -0.465 e. The number of aromatic nitrogens is 2. The average Bonchev–Trinajstić information content (AvgIpc) is 3.09. The fourth-order valence-corrected chi connectivity index (χ4v) is 2.91. The van der Waals surface area contributed by atoms with Crippen LogP contribution in [0.5, 0.6) is 0 Å². The van der Waals surface area contributed by atoms with Gasteiger partial charge in [-0.25, -0.2) is 4.79 Å². The second-order valence-electron chi connectivity index (χ2n) is 5.17. The van der Waals surface area contributed by atoms with Gasteiger partial charge in [0, 0.05) is 11.3 Å². The van der Waals surface area contributed by atoms with Gasteiger partial charge in [-0.2, -0.15) is 0 Å². The number of carbonyl (C=O) groups is 1. The van der Waals surface area contributed by atoms with Crippen molar-refractivity contribution in [1.82, 2.24) is 10.2 Å². The Labute approximate surface area is 144 Å². The van der Waals surface area contributed by atoms with Crippen molar-refractivity contribution in [2.24, 2.45) is 0 Å². The molecule has 0 bridgehead atoms. The molecule has 0 amide bonds. The molecule has 3 aromatic rings. The average molecular weight is 340 g/mol. The van der Waals surface area contributed by atoms with E-state index in [-0.39, 0.29) is 5.97 Å². The summed E-state index contributed by atoms with van der Waals surface area (Å²) in [4.78, 5) is 11.4. The van der Waals surface area contributed by atoms with E-state index in [2.05, 4.69) is 14.9 Å². The van der Waals surface area contributed by atoms with Crippen molar-refractivity contribution in [3.05, 3.63) is 65.2 Å². The number of hydrogen-bond donors (Lipinski definition) is 0. The van der Waals surface area contributed by atoms with E-state index in [1.165, 1.54) is 18.9 Å². The first-order chi connectivity index (χ1) is 11.7. The number of aryl methyl sites for hydroxylation is 1. The first-order valence-electron chi connectivity index (χ1n) is 7.37. The fraction of sp³-hybridized carbons (Fsp3) is 0.167. The quantitative estimate of drug-likeness (QED) is 0.514. The lowest BCUT2D eigenvalue weighted by molar-refractivity contribution is 0.0600. The van der Waals surface area contributed by atoms with E-state index >= 15 is 0 Å². The predicted octanol–water partition coefficient (Wildman–Crippen LogP) is 4.12. The molecule has 0 radical (unpaired) electrons. The highest BCUT2D eigenvalue weighted by Gasteiger charge is 2.11. The third-order valence-corrected chi connectivity index (χ3v) is 4.41. The second kappa shape index (κ2) is 7.31. The van der Waals surface area contributed by atoms with Crippen LogP contribution in [0.3, 0.4) is 0 Å². The molecule has 3 rings (SSSR count). The van der Waals surface area contributed by atoms with Crippen LogP contribution in [0.4, 0.5) is 0 Å². The first-order valence-corrected chi connectivity index (χ1v) is 8.35. The molecule has 0 atom stereocenters. The largest absolute Gasteiger partial charge is 0.465 e. The standard InChI is InChI=1S/C18H16N2O3S/c1-12-5-3-4-6-15(12)16-19-20-18(23-16)24-11-13-7-9-14(10-8-13)17(21)22-2/h3-10H,11H2,1-2H3. The van der Waals surface area contributed by atoms with Gasteiger partial charge in [-0.1, -0.05) is 42.1 Å². The highest BCUT2D eigenvalue weighted by atomic mass is 32.2. The van der Waals surface area contributed by atoms with E-state index < -0.39 is 0 Å². The molecule has 1 aromatic heterocycles. The van der Waals surface area contributed by atoms with Gasteiger partial charge >= 0.3 is 5.97 Å². The van der Waals surface area contributed by atoms with Crippen LogP contribution in [-0.2, 0) is 10.5 Å². The second-order valence-corrected chi connectivity index (χ2v) is 6.09. The number of methoxy groups -OCH3 is 1. The molecule has 5 nitrogen and oxygen atoms in total. The normalized spacial score (nSPS) is 10.6. The van der Waals surface area contributed by atoms with Crippen molar-refractivity contribution < 1.29 is 13.9 Å². The summed E-state index contributed by atoms with van der Waals surface area (Å²) in [5, 5.41) is 8.71. The predicted molar refractivity (Wildman–Crippen MR) is 91.8 cm³/mol. The molecule has 0 aliphatic carbocycles. The summed E-state index contributed by atoms with van der Waals surface area (Å²) >= 11 is 1.46. The van der Waals surface area contributed by atoms with E-state index in [1.54, 1.807) is 12.1 Å². The topological polar surface area (TPSA) is 65.2 Å². The number of ether oxygens (including phenoxy) is 1. The first kappa shape index (κ1) is 16.3. The van der Waals surface area contributed by atoms with Gasteiger partial charge in [0.25, 0.3) is 5.22 Å². The maximum atomic E-state index is 11.4. The number of esters is 1. The van der Waals surface area contributed by atoms with Crippen molar-refractivity contribution in [1.29, 1.82) is 0 Å². The highest BCUT2D eigenvalue weighted by Crippen LogP contribution is 2.27. The molecule has 0 spiro atoms. The van der Waals surface area contributed by atoms with E-state index in [0.29, 0.717) is 22.4 Å². The van der Waals surface area contributed by atoms with Gasteiger partial charge in [-0.15, -0.1) is 10.2 Å². The molecule has 24 heavy (non-hydrogen) atoms. The molecule has 6 heteroatoms. The summed E-state index contributed by atoms with van der Waals surface area (Å²) in [6.45, 7) is 2.01. The van der Waals surface area contributed by atoms with Gasteiger partial charge in [0.1, 0.15) is 0 Å². The Morgan fingerprint density at radius 2 is 1.88 bits per heavy atom. The van der Waals surface area contributed by atoms with Crippen molar-refractivity contribution in [2.75, 3.05) is 7.11 Å². The Bertz CT molecular complexity index is 843. The van der Waals surface area contributed by atoms with Crippen LogP contribution in [0, 0.1) is 6.92 Å². The maximum absolute atomic E-state index is 11.4. The molecule has 0 aliphatic heterocycles. The summed E-state index contributed by atoms with van der Waals surface area (Å²) in [6, 6.07) is 15.2. The molecule has 0 saturated heterocycles. The van der Waals surface area contributed by atoms with Crippen LogP contribution >= 0.6 is 11.8 Å². The monoisotopic (exact) mass is 340 g/mol. The molecular formula is C18H16N2O3S. The zero-order valence-electron chi connectivity index (χ0n) is 13.4. The molecule has 0 N–H and O–H groups in total. The summed E-state index contributed by atoms with van der Waals surface area (Å²) in [5.74, 6) is 0.863. The summed E-state index contributed by atoms with van der Waals surface area (Å²) in [6.07, 6.45) is 0. The minimum absolute atomic E-state index is 0.339. The fourth-order valence-electron chi connectivity index (χ4n) is 2.19. The third kappa shape index (κ3) is 3.65. The van der Waals surface area contributed by atoms with E-state index in [9.17, 15) is 4.79 Å². The van der Waals surface area contributed by atoms with Crippen molar-refractivity contribution in [3.63, 3.8) is 0 Å².